The van der Waals surface area contributed by atoms with Crippen LogP contribution < -0.4 is 11.2 Å². The molecule has 0 fully saturated rings. The minimum Gasteiger partial charge on any atom is -0.309 e. The molecule has 1 aromatic carbocycles. The first-order valence-corrected chi connectivity index (χ1v) is 9.20. The minimum absolute atomic E-state index is 0.282. The van der Waals surface area contributed by atoms with Gasteiger partial charge in [-0.15, -0.1) is 0 Å². The number of hydrogen-bond acceptors (Lipinski definition) is 4. The maximum Gasteiger partial charge on any atom is 0.332 e. The molecule has 7 nitrogen and oxygen atoms in total. The maximum atomic E-state index is 13.1. The number of fused-ring (bicyclic) bond motifs is 1. The van der Waals surface area contributed by atoms with E-state index in [9.17, 15) is 14.4 Å². The molecule has 0 atom stereocenters. The second-order valence-electron chi connectivity index (χ2n) is 6.30. The summed E-state index contributed by atoms with van der Waals surface area (Å²) >= 11 is 3.37. The van der Waals surface area contributed by atoms with Gasteiger partial charge in [0.05, 0.1) is 6.54 Å². The zero-order chi connectivity index (χ0) is 19.7. The zero-order valence-electron chi connectivity index (χ0n) is 15.3. The van der Waals surface area contributed by atoms with Gasteiger partial charge in [0.2, 0.25) is 0 Å². The van der Waals surface area contributed by atoms with E-state index in [1.165, 1.54) is 4.57 Å². The summed E-state index contributed by atoms with van der Waals surface area (Å²) in [7, 11) is 1.54. The lowest BCUT2D eigenvalue weighted by Gasteiger charge is -2.10. The predicted molar refractivity (Wildman–Crippen MR) is 107 cm³/mol. The Morgan fingerprint density at radius 2 is 1.81 bits per heavy atom. The topological polar surface area (TPSA) is 78.9 Å². The van der Waals surface area contributed by atoms with Gasteiger partial charge in [0.1, 0.15) is 0 Å². The van der Waals surface area contributed by atoms with Gasteiger partial charge in [0.25, 0.3) is 5.56 Å². The van der Waals surface area contributed by atoms with Crippen LogP contribution in [-0.2, 0) is 20.1 Å². The molecule has 3 aromatic rings. The number of halogens is 1. The van der Waals surface area contributed by atoms with E-state index in [2.05, 4.69) is 20.9 Å². The number of aromatic nitrogens is 4. The average molecular weight is 431 g/mol. The Morgan fingerprint density at radius 3 is 2.44 bits per heavy atom. The van der Waals surface area contributed by atoms with Gasteiger partial charge in [0.15, 0.2) is 21.7 Å². The van der Waals surface area contributed by atoms with Crippen molar-refractivity contribution in [2.24, 2.45) is 7.05 Å². The van der Waals surface area contributed by atoms with Gasteiger partial charge < -0.3 is 4.57 Å². The number of imidazole rings is 1. The fourth-order valence-corrected chi connectivity index (χ4v) is 3.30. The number of ketones is 1. The van der Waals surface area contributed by atoms with E-state index in [0.717, 1.165) is 10.1 Å². The van der Waals surface area contributed by atoms with Crippen LogP contribution in [0.25, 0.3) is 11.2 Å². The van der Waals surface area contributed by atoms with Crippen molar-refractivity contribution in [3.8, 4) is 0 Å². The van der Waals surface area contributed by atoms with E-state index in [1.54, 1.807) is 41.9 Å². The Balaban J connectivity index is 2.19. The van der Waals surface area contributed by atoms with E-state index in [0.29, 0.717) is 16.8 Å². The summed E-state index contributed by atoms with van der Waals surface area (Å²) < 4.78 is 4.42. The smallest absolute Gasteiger partial charge is 0.309 e. The van der Waals surface area contributed by atoms with Gasteiger partial charge in [-0.25, -0.2) is 9.78 Å². The average Bonchev–Trinajstić information content (AvgIpc) is 3.00. The molecule has 2 aromatic heterocycles. The Morgan fingerprint density at radius 1 is 1.15 bits per heavy atom. The van der Waals surface area contributed by atoms with Crippen molar-refractivity contribution in [1.82, 2.24) is 18.7 Å². The molecule has 0 saturated heterocycles. The van der Waals surface area contributed by atoms with Gasteiger partial charge in [-0.2, -0.15) is 0 Å². The highest BCUT2D eigenvalue weighted by atomic mass is 79.9. The third-order valence-electron chi connectivity index (χ3n) is 4.48. The second kappa shape index (κ2) is 7.48. The number of hydrogen-bond donors (Lipinski definition) is 0. The predicted octanol–water partition coefficient (Wildman–Crippen LogP) is 2.51. The van der Waals surface area contributed by atoms with Crippen LogP contribution in [-0.4, -0.2) is 24.5 Å². The van der Waals surface area contributed by atoms with E-state index < -0.39 is 11.2 Å². The molecule has 0 N–H and O–H groups in total. The second-order valence-corrected chi connectivity index (χ2v) is 7.01. The van der Waals surface area contributed by atoms with Crippen LogP contribution in [0.15, 0.2) is 56.3 Å². The number of allylic oxidation sites excluding steroid dienone is 2. The number of benzene rings is 1. The quantitative estimate of drug-likeness (QED) is 0.353. The Bertz CT molecular complexity index is 1170. The molecular formula is C19H19BrN4O3. The number of carbonyl (C=O) groups is 1. The van der Waals surface area contributed by atoms with Crippen molar-refractivity contribution in [3.05, 3.63) is 73.1 Å². The van der Waals surface area contributed by atoms with Crippen LogP contribution in [0.3, 0.4) is 0 Å². The first-order valence-electron chi connectivity index (χ1n) is 8.40. The van der Waals surface area contributed by atoms with Gasteiger partial charge in [-0.05, 0) is 29.8 Å². The molecule has 140 valence electrons. The molecule has 0 saturated carbocycles. The molecule has 0 bridgehead atoms. The molecule has 8 heteroatoms. The molecule has 3 rings (SSSR count). The normalized spacial score (nSPS) is 11.9. The summed E-state index contributed by atoms with van der Waals surface area (Å²) in [4.78, 5) is 42.6. The number of aryl methyl sites for hydroxylation is 1. The monoisotopic (exact) mass is 430 g/mol. The molecule has 0 amide bonds. The molecular weight excluding hydrogens is 412 g/mol. The summed E-state index contributed by atoms with van der Waals surface area (Å²) in [6.45, 7) is 3.98. The van der Waals surface area contributed by atoms with Crippen molar-refractivity contribution in [2.45, 2.75) is 26.9 Å². The first-order chi connectivity index (χ1) is 12.8. The van der Waals surface area contributed by atoms with Crippen molar-refractivity contribution < 1.29 is 4.79 Å². The van der Waals surface area contributed by atoms with Gasteiger partial charge in [-0.3, -0.25) is 18.7 Å². The highest BCUT2D eigenvalue weighted by Gasteiger charge is 2.20. The number of carbonyl (C=O) groups excluding carboxylic acids is 1. The molecule has 2 heterocycles. The number of Topliss-reactive ketones (excluding diaryl/α,β-unsaturated/α-hetero) is 1. The standard InChI is InChI=1S/C19H19BrN4O3/c1-4-12(2)10-23-15-16(21-18(23)20)22(3)19(27)24(17(15)26)11-14(25)13-8-6-5-7-9-13/h4-9H,10-11H2,1-3H3. The Hall–Kier alpha value is -2.74. The van der Waals surface area contributed by atoms with Crippen LogP contribution in [0.5, 0.6) is 0 Å². The third-order valence-corrected chi connectivity index (χ3v) is 5.09. The zero-order valence-corrected chi connectivity index (χ0v) is 16.9. The minimum atomic E-state index is -0.573. The van der Waals surface area contributed by atoms with E-state index in [-0.39, 0.29) is 23.5 Å². The molecule has 0 radical (unpaired) electrons. The van der Waals surface area contributed by atoms with Gasteiger partial charge in [-0.1, -0.05) is 42.0 Å². The van der Waals surface area contributed by atoms with Crippen LogP contribution >= 0.6 is 15.9 Å². The van der Waals surface area contributed by atoms with Crippen molar-refractivity contribution >= 4 is 32.9 Å². The summed E-state index contributed by atoms with van der Waals surface area (Å²) in [6.07, 6.45) is 1.94. The number of nitrogens with zero attached hydrogens (tertiary/aromatic N) is 4. The number of rotatable bonds is 5. The summed E-state index contributed by atoms with van der Waals surface area (Å²) in [5.41, 5.74) is 0.951. The molecule has 0 unspecified atom stereocenters. The summed E-state index contributed by atoms with van der Waals surface area (Å²) in [5.74, 6) is -0.302. The lowest BCUT2D eigenvalue weighted by molar-refractivity contribution is 0.0969. The van der Waals surface area contributed by atoms with Gasteiger partial charge >= 0.3 is 5.69 Å². The summed E-state index contributed by atoms with van der Waals surface area (Å²) in [5, 5.41) is 0. The molecule has 0 spiro atoms. The first kappa shape index (κ1) is 19.0. The van der Waals surface area contributed by atoms with E-state index in [1.807, 2.05) is 19.9 Å². The summed E-state index contributed by atoms with van der Waals surface area (Å²) in [6, 6.07) is 8.60. The lowest BCUT2D eigenvalue weighted by Crippen LogP contribution is -2.41. The van der Waals surface area contributed by atoms with Crippen molar-refractivity contribution in [3.63, 3.8) is 0 Å². The molecule has 0 aliphatic carbocycles. The fraction of sp³-hybridized carbons (Fsp3) is 0.263. The lowest BCUT2D eigenvalue weighted by atomic mass is 10.1. The van der Waals surface area contributed by atoms with E-state index >= 15 is 0 Å². The van der Waals surface area contributed by atoms with Crippen LogP contribution in [0.2, 0.25) is 0 Å². The third kappa shape index (κ3) is 3.44. The Labute approximate surface area is 163 Å². The van der Waals surface area contributed by atoms with E-state index in [4.69, 9.17) is 0 Å². The highest BCUT2D eigenvalue weighted by molar-refractivity contribution is 9.10. The maximum absolute atomic E-state index is 13.1. The van der Waals surface area contributed by atoms with Gasteiger partial charge in [0, 0.05) is 19.2 Å². The highest BCUT2D eigenvalue weighted by Crippen LogP contribution is 2.18. The fourth-order valence-electron chi connectivity index (χ4n) is 2.83. The van der Waals surface area contributed by atoms with Crippen LogP contribution in [0, 0.1) is 0 Å². The van der Waals surface area contributed by atoms with Crippen molar-refractivity contribution in [2.75, 3.05) is 0 Å². The molecule has 27 heavy (non-hydrogen) atoms. The van der Waals surface area contributed by atoms with Crippen molar-refractivity contribution in [1.29, 1.82) is 0 Å². The van der Waals surface area contributed by atoms with Crippen LogP contribution in [0.4, 0.5) is 0 Å². The molecule has 0 aliphatic rings. The SMILES string of the molecule is CC=C(C)Cn1c(Br)nc2c1c(=O)n(CC(=O)c1ccccc1)c(=O)n2C. The Kier molecular flexibility index (Phi) is 5.27. The molecule has 0 aliphatic heterocycles. The largest absolute Gasteiger partial charge is 0.332 e. The van der Waals surface area contributed by atoms with Crippen LogP contribution in [0.1, 0.15) is 24.2 Å².